The van der Waals surface area contributed by atoms with Crippen LogP contribution in [-0.4, -0.2) is 24.5 Å². The lowest BCUT2D eigenvalue weighted by atomic mass is 10.2. The first-order valence-corrected chi connectivity index (χ1v) is 7.34. The maximum Gasteiger partial charge on any atom is 0.270 e. The maximum absolute atomic E-state index is 12.1. The lowest BCUT2D eigenvalue weighted by Crippen LogP contribution is -2.24. The normalized spacial score (nSPS) is 10.1. The van der Waals surface area contributed by atoms with E-state index >= 15 is 0 Å². The van der Waals surface area contributed by atoms with E-state index in [1.807, 2.05) is 30.3 Å². The molecule has 22 heavy (non-hydrogen) atoms. The lowest BCUT2D eigenvalue weighted by Gasteiger charge is -2.09. The van der Waals surface area contributed by atoms with Crippen molar-refractivity contribution in [1.29, 1.82) is 0 Å². The quantitative estimate of drug-likeness (QED) is 0.825. The molecule has 0 bridgehead atoms. The van der Waals surface area contributed by atoms with Gasteiger partial charge in [-0.25, -0.2) is 4.98 Å². The van der Waals surface area contributed by atoms with Crippen molar-refractivity contribution in [3.63, 3.8) is 0 Å². The van der Waals surface area contributed by atoms with E-state index in [-0.39, 0.29) is 5.91 Å². The predicted octanol–water partition coefficient (Wildman–Crippen LogP) is 2.84. The molecule has 0 spiro atoms. The van der Waals surface area contributed by atoms with E-state index in [2.05, 4.69) is 22.5 Å². The van der Waals surface area contributed by atoms with Crippen LogP contribution in [0.3, 0.4) is 0 Å². The molecule has 1 heterocycles. The molecular weight excluding hydrogens is 278 g/mol. The number of hydrogen-bond donors (Lipinski definition) is 2. The fraction of sp³-hybridized carbons (Fsp3) is 0.294. The van der Waals surface area contributed by atoms with Crippen molar-refractivity contribution in [2.24, 2.45) is 0 Å². The number of methoxy groups -OCH3 is 1. The number of anilines is 1. The van der Waals surface area contributed by atoms with E-state index < -0.39 is 0 Å². The van der Waals surface area contributed by atoms with E-state index in [4.69, 9.17) is 4.74 Å². The number of rotatable bonds is 7. The van der Waals surface area contributed by atoms with Gasteiger partial charge in [-0.05, 0) is 24.6 Å². The Hall–Kier alpha value is -2.56. The molecule has 2 rings (SSSR count). The Bertz CT molecular complexity index is 612. The number of carbonyl (C=O) groups excluding carboxylic acids is 1. The zero-order valence-corrected chi connectivity index (χ0v) is 12.9. The molecule has 0 saturated carbocycles. The Morgan fingerprint density at radius 1 is 1.23 bits per heavy atom. The molecule has 0 aliphatic carbocycles. The Kier molecular flexibility index (Phi) is 5.77. The van der Waals surface area contributed by atoms with E-state index in [1.165, 1.54) is 0 Å². The molecule has 0 unspecified atom stereocenters. The van der Waals surface area contributed by atoms with Crippen LogP contribution in [0.2, 0.25) is 0 Å². The van der Waals surface area contributed by atoms with Crippen LogP contribution in [0.15, 0.2) is 42.6 Å². The average Bonchev–Trinajstić information content (AvgIpc) is 2.58. The van der Waals surface area contributed by atoms with Gasteiger partial charge in [-0.1, -0.05) is 25.1 Å². The summed E-state index contributed by atoms with van der Waals surface area (Å²) in [5.41, 5.74) is 2.25. The number of para-hydroxylation sites is 1. The van der Waals surface area contributed by atoms with Crippen LogP contribution in [0.5, 0.6) is 5.75 Å². The first-order valence-electron chi connectivity index (χ1n) is 7.34. The number of hydrogen-bond acceptors (Lipinski definition) is 4. The molecule has 0 saturated heterocycles. The largest absolute Gasteiger partial charge is 0.496 e. The fourth-order valence-electron chi connectivity index (χ4n) is 2.02. The summed E-state index contributed by atoms with van der Waals surface area (Å²) in [7, 11) is 1.62. The topological polar surface area (TPSA) is 63.2 Å². The Morgan fingerprint density at radius 3 is 2.73 bits per heavy atom. The maximum atomic E-state index is 12.1. The van der Waals surface area contributed by atoms with Gasteiger partial charge in [0.2, 0.25) is 0 Å². The molecule has 0 atom stereocenters. The summed E-state index contributed by atoms with van der Waals surface area (Å²) in [6, 6.07) is 11.2. The van der Waals surface area contributed by atoms with E-state index in [0.717, 1.165) is 30.0 Å². The molecule has 2 N–H and O–H groups in total. The first-order chi connectivity index (χ1) is 10.7. The predicted molar refractivity (Wildman–Crippen MR) is 87.2 cm³/mol. The second-order valence-electron chi connectivity index (χ2n) is 4.85. The third kappa shape index (κ3) is 4.22. The Morgan fingerprint density at radius 2 is 2.05 bits per heavy atom. The zero-order chi connectivity index (χ0) is 15.8. The molecule has 0 radical (unpaired) electrons. The van der Waals surface area contributed by atoms with Crippen LogP contribution in [0.1, 0.15) is 29.4 Å². The average molecular weight is 299 g/mol. The standard InChI is InChI=1S/C17H21N3O2/c1-3-10-18-14-8-9-15(19-12-14)17(21)20-11-13-6-4-5-7-16(13)22-2/h4-9,12,18H,3,10-11H2,1-2H3,(H,20,21). The fourth-order valence-corrected chi connectivity index (χ4v) is 2.02. The van der Waals surface area contributed by atoms with Crippen molar-refractivity contribution < 1.29 is 9.53 Å². The number of nitrogens with one attached hydrogen (secondary N) is 2. The van der Waals surface area contributed by atoms with Gasteiger partial charge in [-0.2, -0.15) is 0 Å². The van der Waals surface area contributed by atoms with Crippen molar-refractivity contribution in [1.82, 2.24) is 10.3 Å². The van der Waals surface area contributed by atoms with Gasteiger partial charge in [0.05, 0.1) is 19.0 Å². The zero-order valence-electron chi connectivity index (χ0n) is 12.9. The Balaban J connectivity index is 1.94. The van der Waals surface area contributed by atoms with Gasteiger partial charge in [-0.3, -0.25) is 4.79 Å². The van der Waals surface area contributed by atoms with Crippen LogP contribution >= 0.6 is 0 Å². The minimum Gasteiger partial charge on any atom is -0.496 e. The summed E-state index contributed by atoms with van der Waals surface area (Å²) in [4.78, 5) is 16.3. The van der Waals surface area contributed by atoms with Crippen LogP contribution in [0.4, 0.5) is 5.69 Å². The number of aromatic nitrogens is 1. The smallest absolute Gasteiger partial charge is 0.270 e. The number of benzene rings is 1. The van der Waals surface area contributed by atoms with Crippen molar-refractivity contribution in [3.8, 4) is 5.75 Å². The molecule has 5 heteroatoms. The summed E-state index contributed by atoms with van der Waals surface area (Å²) in [6.45, 7) is 3.39. The number of nitrogens with zero attached hydrogens (tertiary/aromatic N) is 1. The highest BCUT2D eigenvalue weighted by atomic mass is 16.5. The molecule has 0 aliphatic heterocycles. The summed E-state index contributed by atoms with van der Waals surface area (Å²) in [5.74, 6) is 0.558. The highest BCUT2D eigenvalue weighted by molar-refractivity contribution is 5.92. The lowest BCUT2D eigenvalue weighted by molar-refractivity contribution is 0.0946. The molecule has 2 aromatic rings. The molecule has 1 aromatic heterocycles. The minimum absolute atomic E-state index is 0.201. The van der Waals surface area contributed by atoms with Crippen molar-refractivity contribution >= 4 is 11.6 Å². The van der Waals surface area contributed by atoms with E-state index in [1.54, 1.807) is 19.4 Å². The Labute approximate surface area is 130 Å². The van der Waals surface area contributed by atoms with Crippen molar-refractivity contribution in [3.05, 3.63) is 53.9 Å². The van der Waals surface area contributed by atoms with Crippen LogP contribution in [0, 0.1) is 0 Å². The number of carbonyl (C=O) groups is 1. The number of pyridine rings is 1. The van der Waals surface area contributed by atoms with Gasteiger partial charge in [0.15, 0.2) is 0 Å². The van der Waals surface area contributed by atoms with Crippen molar-refractivity contribution in [2.45, 2.75) is 19.9 Å². The van der Waals surface area contributed by atoms with Crippen LogP contribution in [-0.2, 0) is 6.54 Å². The van der Waals surface area contributed by atoms with Gasteiger partial charge >= 0.3 is 0 Å². The summed E-state index contributed by atoms with van der Waals surface area (Å²) in [6.07, 6.45) is 2.72. The van der Waals surface area contributed by atoms with Gasteiger partial charge < -0.3 is 15.4 Å². The summed E-state index contributed by atoms with van der Waals surface area (Å²) < 4.78 is 5.26. The SMILES string of the molecule is CCCNc1ccc(C(=O)NCc2ccccc2OC)nc1. The van der Waals surface area contributed by atoms with Gasteiger partial charge in [0, 0.05) is 18.7 Å². The summed E-state index contributed by atoms with van der Waals surface area (Å²) in [5, 5.41) is 6.07. The van der Waals surface area contributed by atoms with E-state index in [9.17, 15) is 4.79 Å². The monoisotopic (exact) mass is 299 g/mol. The second kappa shape index (κ2) is 8.02. The van der Waals surface area contributed by atoms with E-state index in [0.29, 0.717) is 12.2 Å². The third-order valence-corrected chi connectivity index (χ3v) is 3.21. The molecule has 0 aliphatic rings. The first kappa shape index (κ1) is 15.8. The highest BCUT2D eigenvalue weighted by Gasteiger charge is 2.08. The number of amides is 1. The molecular formula is C17H21N3O2. The van der Waals surface area contributed by atoms with Crippen LogP contribution in [0.25, 0.3) is 0 Å². The molecule has 5 nitrogen and oxygen atoms in total. The molecule has 1 amide bonds. The molecule has 116 valence electrons. The van der Waals surface area contributed by atoms with Gasteiger partial charge in [0.25, 0.3) is 5.91 Å². The minimum atomic E-state index is -0.201. The second-order valence-corrected chi connectivity index (χ2v) is 4.85. The van der Waals surface area contributed by atoms with Crippen LogP contribution < -0.4 is 15.4 Å². The third-order valence-electron chi connectivity index (χ3n) is 3.21. The van der Waals surface area contributed by atoms with Crippen molar-refractivity contribution in [2.75, 3.05) is 19.0 Å². The van der Waals surface area contributed by atoms with Gasteiger partial charge in [-0.15, -0.1) is 0 Å². The molecule has 0 fully saturated rings. The number of ether oxygens (including phenoxy) is 1. The molecule has 1 aromatic carbocycles. The highest BCUT2D eigenvalue weighted by Crippen LogP contribution is 2.16. The summed E-state index contributed by atoms with van der Waals surface area (Å²) >= 11 is 0. The van der Waals surface area contributed by atoms with Gasteiger partial charge in [0.1, 0.15) is 11.4 Å².